The zero-order chi connectivity index (χ0) is 8.55. The van der Waals surface area contributed by atoms with Crippen LogP contribution >= 0.6 is 23.2 Å². The first-order valence-electron chi connectivity index (χ1n) is 3.83. The van der Waals surface area contributed by atoms with Gasteiger partial charge in [-0.2, -0.15) is 0 Å². The summed E-state index contributed by atoms with van der Waals surface area (Å²) in [4.78, 5) is 0. The average Bonchev–Trinajstić information content (AvgIpc) is 2.75. The number of hydrogen-bond acceptors (Lipinski definition) is 1. The molecule has 0 amide bonds. The second-order valence-corrected chi connectivity index (χ2v) is 3.65. The van der Waals surface area contributed by atoms with Gasteiger partial charge in [0.1, 0.15) is 6.10 Å². The van der Waals surface area contributed by atoms with Gasteiger partial charge < -0.3 is 4.74 Å². The van der Waals surface area contributed by atoms with Crippen LogP contribution in [-0.4, -0.2) is 12.2 Å². The third-order valence-corrected chi connectivity index (χ3v) is 2.66. The normalized spacial score (nSPS) is 33.8. The minimum absolute atomic E-state index is 0.169. The molecule has 0 spiro atoms. The summed E-state index contributed by atoms with van der Waals surface area (Å²) in [7, 11) is 0. The molecule has 0 N–H and O–H groups in total. The summed E-state index contributed by atoms with van der Waals surface area (Å²) in [6.45, 7) is 0. The molecule has 0 aromatic carbocycles. The van der Waals surface area contributed by atoms with Crippen molar-refractivity contribution in [1.82, 2.24) is 0 Å². The van der Waals surface area contributed by atoms with Crippen molar-refractivity contribution in [2.24, 2.45) is 0 Å². The first kappa shape index (κ1) is 8.36. The van der Waals surface area contributed by atoms with E-state index in [-0.39, 0.29) is 6.10 Å². The molecule has 1 nitrogen and oxygen atoms in total. The molecule has 1 heterocycles. The first-order chi connectivity index (χ1) is 5.77. The van der Waals surface area contributed by atoms with Crippen molar-refractivity contribution >= 4 is 23.2 Å². The maximum absolute atomic E-state index is 5.89. The van der Waals surface area contributed by atoms with Crippen LogP contribution in [0.1, 0.15) is 6.42 Å². The van der Waals surface area contributed by atoms with Crippen LogP contribution in [0.15, 0.2) is 34.4 Å². The van der Waals surface area contributed by atoms with Gasteiger partial charge in [0.15, 0.2) is 0 Å². The van der Waals surface area contributed by atoms with Gasteiger partial charge in [0.25, 0.3) is 0 Å². The maximum atomic E-state index is 5.89. The van der Waals surface area contributed by atoms with Gasteiger partial charge in [0.2, 0.25) is 0 Å². The second-order valence-electron chi connectivity index (χ2n) is 2.83. The largest absolute Gasteiger partial charge is 0.365 e. The molecule has 1 aliphatic heterocycles. The zero-order valence-electron chi connectivity index (χ0n) is 6.34. The highest BCUT2D eigenvalue weighted by Gasteiger charge is 2.36. The lowest BCUT2D eigenvalue weighted by molar-refractivity contribution is 0.390. The van der Waals surface area contributed by atoms with Crippen LogP contribution < -0.4 is 0 Å². The van der Waals surface area contributed by atoms with E-state index in [2.05, 4.69) is 0 Å². The van der Waals surface area contributed by atoms with Crippen molar-refractivity contribution < 1.29 is 4.74 Å². The molecular formula is C9H8Cl2O. The van der Waals surface area contributed by atoms with Crippen LogP contribution in [0.2, 0.25) is 0 Å². The summed E-state index contributed by atoms with van der Waals surface area (Å²) in [6, 6.07) is 0. The summed E-state index contributed by atoms with van der Waals surface area (Å²) in [6.07, 6.45) is 9.02. The first-order valence-corrected chi connectivity index (χ1v) is 4.58. The van der Waals surface area contributed by atoms with Gasteiger partial charge >= 0.3 is 0 Å². The van der Waals surface area contributed by atoms with Crippen molar-refractivity contribution in [3.63, 3.8) is 0 Å². The topological polar surface area (TPSA) is 12.5 Å². The van der Waals surface area contributed by atoms with Crippen molar-refractivity contribution in [3.05, 3.63) is 34.4 Å². The standard InChI is InChI=1S/C9H8Cl2O/c10-6-3-1-2-4-8-9(12-8)5-7(6)11/h1-3,5,8-9H,4H2. The average molecular weight is 203 g/mol. The van der Waals surface area contributed by atoms with Gasteiger partial charge in [-0.1, -0.05) is 35.4 Å². The third kappa shape index (κ3) is 1.74. The van der Waals surface area contributed by atoms with Crippen molar-refractivity contribution in [2.75, 3.05) is 0 Å². The van der Waals surface area contributed by atoms with Crippen LogP contribution in [0.25, 0.3) is 0 Å². The van der Waals surface area contributed by atoms with E-state index >= 15 is 0 Å². The molecule has 2 unspecified atom stereocenters. The van der Waals surface area contributed by atoms with Crippen molar-refractivity contribution in [1.29, 1.82) is 0 Å². The number of hydrogen-bond donors (Lipinski definition) is 0. The fraction of sp³-hybridized carbons (Fsp3) is 0.333. The SMILES string of the molecule is ClC1=CC=CCC2OC2C=C1Cl. The van der Waals surface area contributed by atoms with Gasteiger partial charge in [-0.3, -0.25) is 0 Å². The third-order valence-electron chi connectivity index (χ3n) is 1.91. The molecule has 0 bridgehead atoms. The molecule has 2 rings (SSSR count). The minimum Gasteiger partial charge on any atom is -0.365 e. The molecule has 3 heteroatoms. The van der Waals surface area contributed by atoms with Crippen LogP contribution in [0.3, 0.4) is 0 Å². The van der Waals surface area contributed by atoms with E-state index in [1.165, 1.54) is 0 Å². The highest BCUT2D eigenvalue weighted by Crippen LogP contribution is 2.32. The lowest BCUT2D eigenvalue weighted by Crippen LogP contribution is -1.87. The fourth-order valence-electron chi connectivity index (χ4n) is 1.16. The van der Waals surface area contributed by atoms with Gasteiger partial charge in [-0.15, -0.1) is 0 Å². The molecule has 1 saturated heterocycles. The van der Waals surface area contributed by atoms with Crippen LogP contribution in [0.5, 0.6) is 0 Å². The van der Waals surface area contributed by atoms with E-state index < -0.39 is 0 Å². The quantitative estimate of drug-likeness (QED) is 0.551. The number of rotatable bonds is 0. The monoisotopic (exact) mass is 202 g/mol. The number of halogens is 2. The Balaban J connectivity index is 2.24. The van der Waals surface area contributed by atoms with Gasteiger partial charge in [0, 0.05) is 0 Å². The highest BCUT2D eigenvalue weighted by atomic mass is 35.5. The Labute approximate surface area is 81.3 Å². The smallest absolute Gasteiger partial charge is 0.104 e. The molecular weight excluding hydrogens is 195 g/mol. The van der Waals surface area contributed by atoms with Gasteiger partial charge in [-0.25, -0.2) is 0 Å². The lowest BCUT2D eigenvalue weighted by atomic mass is 10.2. The number of ether oxygens (including phenoxy) is 1. The molecule has 12 heavy (non-hydrogen) atoms. The Morgan fingerprint density at radius 3 is 3.00 bits per heavy atom. The summed E-state index contributed by atoms with van der Waals surface area (Å²) >= 11 is 11.7. The van der Waals surface area contributed by atoms with Crippen LogP contribution in [0.4, 0.5) is 0 Å². The van der Waals surface area contributed by atoms with E-state index in [1.807, 2.05) is 18.2 Å². The Hall–Kier alpha value is -0.240. The molecule has 64 valence electrons. The molecule has 0 aromatic heterocycles. The van der Waals surface area contributed by atoms with E-state index in [0.717, 1.165) is 6.42 Å². The van der Waals surface area contributed by atoms with Gasteiger partial charge in [-0.05, 0) is 18.6 Å². The fourth-order valence-corrected chi connectivity index (χ4v) is 1.48. The molecule has 2 atom stereocenters. The Morgan fingerprint density at radius 1 is 1.33 bits per heavy atom. The Kier molecular flexibility index (Phi) is 2.26. The minimum atomic E-state index is 0.169. The number of allylic oxidation sites excluding steroid dienone is 4. The molecule has 0 saturated carbocycles. The molecule has 1 aliphatic carbocycles. The van der Waals surface area contributed by atoms with Gasteiger partial charge in [0.05, 0.1) is 16.2 Å². The predicted octanol–water partition coefficient (Wildman–Crippen LogP) is 2.96. The van der Waals surface area contributed by atoms with E-state index in [1.54, 1.807) is 6.08 Å². The van der Waals surface area contributed by atoms with Crippen LogP contribution in [-0.2, 0) is 4.74 Å². The maximum Gasteiger partial charge on any atom is 0.104 e. The Morgan fingerprint density at radius 2 is 2.17 bits per heavy atom. The van der Waals surface area contributed by atoms with E-state index in [4.69, 9.17) is 27.9 Å². The summed E-state index contributed by atoms with van der Waals surface area (Å²) in [5, 5.41) is 1.15. The predicted molar refractivity (Wildman–Crippen MR) is 50.3 cm³/mol. The van der Waals surface area contributed by atoms with Crippen molar-refractivity contribution in [2.45, 2.75) is 18.6 Å². The molecule has 0 radical (unpaired) electrons. The number of epoxide rings is 1. The molecule has 2 aliphatic rings. The zero-order valence-corrected chi connectivity index (χ0v) is 7.85. The van der Waals surface area contributed by atoms with Crippen molar-refractivity contribution in [3.8, 4) is 0 Å². The lowest BCUT2D eigenvalue weighted by Gasteiger charge is -1.91. The Bertz CT molecular complexity index is 278. The van der Waals surface area contributed by atoms with E-state index in [9.17, 15) is 0 Å². The van der Waals surface area contributed by atoms with Crippen LogP contribution in [0, 0.1) is 0 Å². The number of fused-ring (bicyclic) bond motifs is 1. The molecule has 1 fully saturated rings. The summed E-state index contributed by atoms with van der Waals surface area (Å²) in [5.41, 5.74) is 0. The van der Waals surface area contributed by atoms with E-state index in [0.29, 0.717) is 16.2 Å². The summed E-state index contributed by atoms with van der Waals surface area (Å²) in [5.74, 6) is 0. The highest BCUT2D eigenvalue weighted by molar-refractivity contribution is 6.44. The molecule has 0 aromatic rings. The second kappa shape index (κ2) is 3.25. The summed E-state index contributed by atoms with van der Waals surface area (Å²) < 4.78 is 5.31.